The maximum absolute atomic E-state index is 5.41. The van der Waals surface area contributed by atoms with Gasteiger partial charge in [0.15, 0.2) is 0 Å². The van der Waals surface area contributed by atoms with Gasteiger partial charge in [0.2, 0.25) is 0 Å². The Morgan fingerprint density at radius 3 is 2.84 bits per heavy atom. The van der Waals surface area contributed by atoms with Crippen LogP contribution < -0.4 is 10.1 Å². The van der Waals surface area contributed by atoms with E-state index in [-0.39, 0.29) is 6.04 Å². The molecule has 0 aliphatic carbocycles. The maximum Gasteiger partial charge on any atom is 0.123 e. The van der Waals surface area contributed by atoms with Gasteiger partial charge in [-0.05, 0) is 19.9 Å². The van der Waals surface area contributed by atoms with Gasteiger partial charge >= 0.3 is 0 Å². The topological polar surface area (TPSA) is 52.0 Å². The molecule has 0 saturated heterocycles. The fourth-order valence-corrected chi connectivity index (χ4v) is 2.03. The first-order valence-corrected chi connectivity index (χ1v) is 6.33. The summed E-state index contributed by atoms with van der Waals surface area (Å²) in [5.41, 5.74) is 3.45. The molecule has 0 radical (unpaired) electrons. The van der Waals surface area contributed by atoms with Crippen LogP contribution in [0.25, 0.3) is 0 Å². The van der Waals surface area contributed by atoms with E-state index in [1.54, 1.807) is 18.0 Å². The molecule has 0 aliphatic heterocycles. The molecule has 2 aromatic rings. The van der Waals surface area contributed by atoms with Crippen LogP contribution in [-0.2, 0) is 13.6 Å². The molecule has 1 aromatic heterocycles. The van der Waals surface area contributed by atoms with Crippen molar-refractivity contribution in [2.75, 3.05) is 7.11 Å². The summed E-state index contributed by atoms with van der Waals surface area (Å²) in [5.74, 6) is 0.911. The average Bonchev–Trinajstić information content (AvgIpc) is 2.81. The van der Waals surface area contributed by atoms with Crippen LogP contribution >= 0.6 is 0 Å². The van der Waals surface area contributed by atoms with Crippen LogP contribution in [0.5, 0.6) is 5.75 Å². The van der Waals surface area contributed by atoms with Gasteiger partial charge in [-0.15, -0.1) is 5.10 Å². The van der Waals surface area contributed by atoms with Crippen LogP contribution in [0.4, 0.5) is 0 Å². The summed E-state index contributed by atoms with van der Waals surface area (Å²) in [6.45, 7) is 4.93. The third kappa shape index (κ3) is 3.12. The molecule has 1 aromatic carbocycles. The zero-order valence-corrected chi connectivity index (χ0v) is 11.8. The van der Waals surface area contributed by atoms with Crippen molar-refractivity contribution in [1.82, 2.24) is 20.3 Å². The predicted octanol–water partition coefficient (Wildman–Crippen LogP) is 1.98. The SMILES string of the molecule is COc1ccc(C)cc1[C@H](C)NCc1cnnn1C. The fraction of sp³-hybridized carbons (Fsp3) is 0.429. The number of rotatable bonds is 5. The summed E-state index contributed by atoms with van der Waals surface area (Å²) in [7, 11) is 3.59. The van der Waals surface area contributed by atoms with Gasteiger partial charge in [0.1, 0.15) is 5.75 Å². The molecule has 102 valence electrons. The Morgan fingerprint density at radius 2 is 2.21 bits per heavy atom. The number of ether oxygens (including phenoxy) is 1. The summed E-state index contributed by atoms with van der Waals surface area (Å²) in [6.07, 6.45) is 1.77. The molecule has 1 N–H and O–H groups in total. The molecule has 0 spiro atoms. The molecule has 1 atom stereocenters. The molecular formula is C14H20N4O. The summed E-state index contributed by atoms with van der Waals surface area (Å²) in [4.78, 5) is 0. The zero-order chi connectivity index (χ0) is 13.8. The minimum Gasteiger partial charge on any atom is -0.496 e. The number of nitrogens with zero attached hydrogens (tertiary/aromatic N) is 3. The van der Waals surface area contributed by atoms with Crippen LogP contribution in [0.15, 0.2) is 24.4 Å². The van der Waals surface area contributed by atoms with Crippen molar-refractivity contribution in [3.05, 3.63) is 41.2 Å². The highest BCUT2D eigenvalue weighted by Crippen LogP contribution is 2.26. The van der Waals surface area contributed by atoms with Crippen molar-refractivity contribution in [3.8, 4) is 5.75 Å². The van der Waals surface area contributed by atoms with Crippen molar-refractivity contribution >= 4 is 0 Å². The lowest BCUT2D eigenvalue weighted by Gasteiger charge is -2.17. The average molecular weight is 260 g/mol. The molecule has 5 nitrogen and oxygen atoms in total. The first-order chi connectivity index (χ1) is 9.11. The van der Waals surface area contributed by atoms with Crippen LogP contribution in [0, 0.1) is 6.92 Å². The second-order valence-corrected chi connectivity index (χ2v) is 4.70. The van der Waals surface area contributed by atoms with E-state index in [0.717, 1.165) is 23.6 Å². The first-order valence-electron chi connectivity index (χ1n) is 6.33. The summed E-state index contributed by atoms with van der Waals surface area (Å²) >= 11 is 0. The van der Waals surface area contributed by atoms with E-state index in [0.29, 0.717) is 0 Å². The van der Waals surface area contributed by atoms with E-state index in [4.69, 9.17) is 4.74 Å². The van der Waals surface area contributed by atoms with Crippen LogP contribution in [0.2, 0.25) is 0 Å². The lowest BCUT2D eigenvalue weighted by molar-refractivity contribution is 0.400. The number of aromatic nitrogens is 3. The number of benzene rings is 1. The van der Waals surface area contributed by atoms with Gasteiger partial charge < -0.3 is 10.1 Å². The number of nitrogens with one attached hydrogen (secondary N) is 1. The van der Waals surface area contributed by atoms with Gasteiger partial charge in [-0.3, -0.25) is 4.68 Å². The monoisotopic (exact) mass is 260 g/mol. The van der Waals surface area contributed by atoms with Gasteiger partial charge in [0, 0.05) is 25.2 Å². The highest BCUT2D eigenvalue weighted by atomic mass is 16.5. The Kier molecular flexibility index (Phi) is 4.16. The quantitative estimate of drug-likeness (QED) is 0.893. The highest BCUT2D eigenvalue weighted by molar-refractivity contribution is 5.38. The predicted molar refractivity (Wildman–Crippen MR) is 74.0 cm³/mol. The Labute approximate surface area is 113 Å². The van der Waals surface area contributed by atoms with Crippen molar-refractivity contribution in [2.24, 2.45) is 7.05 Å². The summed E-state index contributed by atoms with van der Waals surface area (Å²) in [5, 5.41) is 11.2. The van der Waals surface area contributed by atoms with E-state index >= 15 is 0 Å². The molecule has 0 saturated carbocycles. The van der Waals surface area contributed by atoms with Crippen molar-refractivity contribution in [1.29, 1.82) is 0 Å². The third-order valence-electron chi connectivity index (χ3n) is 3.25. The number of aryl methyl sites for hydroxylation is 2. The van der Waals surface area contributed by atoms with Gasteiger partial charge in [0.25, 0.3) is 0 Å². The first kappa shape index (κ1) is 13.5. The van der Waals surface area contributed by atoms with Crippen molar-refractivity contribution in [3.63, 3.8) is 0 Å². The van der Waals surface area contributed by atoms with E-state index < -0.39 is 0 Å². The highest BCUT2D eigenvalue weighted by Gasteiger charge is 2.12. The zero-order valence-electron chi connectivity index (χ0n) is 11.8. The molecule has 0 bridgehead atoms. The Hall–Kier alpha value is -1.88. The second kappa shape index (κ2) is 5.84. The number of hydrogen-bond donors (Lipinski definition) is 1. The third-order valence-corrected chi connectivity index (χ3v) is 3.25. The van der Waals surface area contributed by atoms with Gasteiger partial charge in [-0.25, -0.2) is 0 Å². The van der Waals surface area contributed by atoms with E-state index in [1.165, 1.54) is 5.56 Å². The van der Waals surface area contributed by atoms with E-state index in [2.05, 4.69) is 41.6 Å². The number of hydrogen-bond acceptors (Lipinski definition) is 4. The lowest BCUT2D eigenvalue weighted by atomic mass is 10.0. The molecule has 0 amide bonds. The molecule has 0 aliphatic rings. The Morgan fingerprint density at radius 1 is 1.42 bits per heavy atom. The Bertz CT molecular complexity index is 550. The number of methoxy groups -OCH3 is 1. The molecule has 19 heavy (non-hydrogen) atoms. The van der Waals surface area contributed by atoms with Crippen LogP contribution in [0.1, 0.15) is 29.8 Å². The Balaban J connectivity index is 2.09. The van der Waals surface area contributed by atoms with Crippen molar-refractivity contribution < 1.29 is 4.74 Å². The maximum atomic E-state index is 5.41. The van der Waals surface area contributed by atoms with Gasteiger partial charge in [-0.2, -0.15) is 0 Å². The minimum absolute atomic E-state index is 0.199. The van der Waals surface area contributed by atoms with E-state index in [9.17, 15) is 0 Å². The van der Waals surface area contributed by atoms with E-state index in [1.807, 2.05) is 13.1 Å². The summed E-state index contributed by atoms with van der Waals surface area (Å²) in [6, 6.07) is 6.41. The van der Waals surface area contributed by atoms with Gasteiger partial charge in [0.05, 0.1) is 19.0 Å². The molecule has 0 unspecified atom stereocenters. The summed E-state index contributed by atoms with van der Waals surface area (Å²) < 4.78 is 7.18. The molecule has 0 fully saturated rings. The smallest absolute Gasteiger partial charge is 0.123 e. The fourth-order valence-electron chi connectivity index (χ4n) is 2.03. The standard InChI is InChI=1S/C14H20N4O/c1-10-5-6-14(19-4)13(7-10)11(2)15-8-12-9-16-17-18(12)3/h5-7,9,11,15H,8H2,1-4H3/t11-/m0/s1. The largest absolute Gasteiger partial charge is 0.496 e. The minimum atomic E-state index is 0.199. The van der Waals surface area contributed by atoms with Gasteiger partial charge in [-0.1, -0.05) is 22.9 Å². The van der Waals surface area contributed by atoms with Crippen molar-refractivity contribution in [2.45, 2.75) is 26.4 Å². The molecule has 1 heterocycles. The van der Waals surface area contributed by atoms with Crippen LogP contribution in [0.3, 0.4) is 0 Å². The normalized spacial score (nSPS) is 12.4. The molecular weight excluding hydrogens is 240 g/mol. The van der Waals surface area contributed by atoms with Crippen LogP contribution in [-0.4, -0.2) is 22.1 Å². The lowest BCUT2D eigenvalue weighted by Crippen LogP contribution is -2.20. The molecule has 5 heteroatoms. The second-order valence-electron chi connectivity index (χ2n) is 4.70. The molecule has 2 rings (SSSR count).